The third kappa shape index (κ3) is 4.90. The lowest BCUT2D eigenvalue weighted by molar-refractivity contribution is -0.121. The van der Waals surface area contributed by atoms with Crippen LogP contribution in [0.4, 0.5) is 0 Å². The van der Waals surface area contributed by atoms with E-state index in [4.69, 9.17) is 16.1 Å². The number of aryl methyl sites for hydroxylation is 2. The molecule has 3 rings (SSSR count). The number of carbonyl (C=O) groups is 1. The first-order valence-electron chi connectivity index (χ1n) is 8.01. The molecule has 25 heavy (non-hydrogen) atoms. The van der Waals surface area contributed by atoms with Gasteiger partial charge in [-0.15, -0.1) is 0 Å². The monoisotopic (exact) mass is 355 g/mol. The molecule has 0 bridgehead atoms. The molecule has 1 N–H and O–H groups in total. The van der Waals surface area contributed by atoms with Crippen LogP contribution < -0.4 is 5.32 Å². The summed E-state index contributed by atoms with van der Waals surface area (Å²) in [5, 5.41) is 7.48. The Morgan fingerprint density at radius 2 is 2.00 bits per heavy atom. The first kappa shape index (κ1) is 17.2. The Labute approximate surface area is 151 Å². The van der Waals surface area contributed by atoms with Gasteiger partial charge in [0.25, 0.3) is 0 Å². The van der Waals surface area contributed by atoms with Gasteiger partial charge in [-0.1, -0.05) is 46.6 Å². The highest BCUT2D eigenvalue weighted by Crippen LogP contribution is 2.19. The Bertz CT molecular complexity index is 859. The molecule has 1 aromatic heterocycles. The highest BCUT2D eigenvalue weighted by atomic mass is 35.5. The molecule has 6 heteroatoms. The minimum Gasteiger partial charge on any atom is -0.352 e. The lowest BCUT2D eigenvalue weighted by Gasteiger charge is -2.05. The van der Waals surface area contributed by atoms with Crippen LogP contribution in [0.25, 0.3) is 11.4 Å². The van der Waals surface area contributed by atoms with E-state index in [0.717, 1.165) is 11.1 Å². The van der Waals surface area contributed by atoms with Crippen molar-refractivity contribution in [3.63, 3.8) is 0 Å². The second-order valence-electron chi connectivity index (χ2n) is 5.78. The number of rotatable bonds is 6. The number of benzene rings is 2. The summed E-state index contributed by atoms with van der Waals surface area (Å²) in [6.45, 7) is 2.54. The van der Waals surface area contributed by atoms with Gasteiger partial charge in [-0.05, 0) is 36.8 Å². The van der Waals surface area contributed by atoms with Crippen LogP contribution in [-0.2, 0) is 17.8 Å². The summed E-state index contributed by atoms with van der Waals surface area (Å²) in [7, 11) is 0. The van der Waals surface area contributed by atoms with Crippen molar-refractivity contribution in [2.24, 2.45) is 0 Å². The van der Waals surface area contributed by atoms with Gasteiger partial charge < -0.3 is 9.84 Å². The lowest BCUT2D eigenvalue weighted by atomic mass is 10.1. The van der Waals surface area contributed by atoms with Gasteiger partial charge in [0.2, 0.25) is 17.6 Å². The van der Waals surface area contributed by atoms with E-state index in [1.807, 2.05) is 37.3 Å². The van der Waals surface area contributed by atoms with Crippen LogP contribution >= 0.6 is 11.6 Å². The molecule has 0 saturated heterocycles. The summed E-state index contributed by atoms with van der Waals surface area (Å²) >= 11 is 5.86. The Hall–Kier alpha value is -2.66. The summed E-state index contributed by atoms with van der Waals surface area (Å²) in [6.07, 6.45) is 0.703. The molecule has 0 saturated carbocycles. The van der Waals surface area contributed by atoms with Gasteiger partial charge in [0, 0.05) is 30.0 Å². The molecule has 5 nitrogen and oxygen atoms in total. The van der Waals surface area contributed by atoms with Crippen LogP contribution in [0.15, 0.2) is 53.1 Å². The van der Waals surface area contributed by atoms with E-state index in [0.29, 0.717) is 36.1 Å². The molecule has 0 aliphatic carbocycles. The van der Waals surface area contributed by atoms with Crippen LogP contribution in [-0.4, -0.2) is 16.0 Å². The minimum absolute atomic E-state index is 0.0484. The molecular weight excluding hydrogens is 338 g/mol. The summed E-state index contributed by atoms with van der Waals surface area (Å²) in [4.78, 5) is 16.3. The van der Waals surface area contributed by atoms with Crippen molar-refractivity contribution in [3.8, 4) is 11.4 Å². The van der Waals surface area contributed by atoms with Gasteiger partial charge in [-0.3, -0.25) is 4.79 Å². The highest BCUT2D eigenvalue weighted by molar-refractivity contribution is 6.30. The molecule has 0 spiro atoms. The van der Waals surface area contributed by atoms with Gasteiger partial charge in [-0.25, -0.2) is 0 Å². The van der Waals surface area contributed by atoms with E-state index < -0.39 is 0 Å². The van der Waals surface area contributed by atoms with Crippen LogP contribution in [0.1, 0.15) is 23.4 Å². The second kappa shape index (κ2) is 7.94. The fourth-order valence-electron chi connectivity index (χ4n) is 2.40. The zero-order valence-electron chi connectivity index (χ0n) is 13.8. The number of carbonyl (C=O) groups excluding carboxylic acids is 1. The number of aromatic nitrogens is 2. The molecule has 2 aromatic carbocycles. The molecule has 0 fully saturated rings. The van der Waals surface area contributed by atoms with Crippen molar-refractivity contribution < 1.29 is 9.32 Å². The highest BCUT2D eigenvalue weighted by Gasteiger charge is 2.10. The fraction of sp³-hybridized carbons (Fsp3) is 0.211. The van der Waals surface area contributed by atoms with Crippen molar-refractivity contribution >= 4 is 17.5 Å². The molecule has 0 radical (unpaired) electrons. The Morgan fingerprint density at radius 3 is 2.76 bits per heavy atom. The summed E-state index contributed by atoms with van der Waals surface area (Å²) in [5.41, 5.74) is 3.08. The molecule has 3 aromatic rings. The zero-order valence-corrected chi connectivity index (χ0v) is 14.6. The largest absolute Gasteiger partial charge is 0.352 e. The zero-order chi connectivity index (χ0) is 17.6. The van der Waals surface area contributed by atoms with E-state index in [1.165, 1.54) is 5.56 Å². The van der Waals surface area contributed by atoms with Gasteiger partial charge in [-0.2, -0.15) is 4.98 Å². The number of hydrogen-bond donors (Lipinski definition) is 1. The smallest absolute Gasteiger partial charge is 0.227 e. The number of halogens is 1. The Morgan fingerprint density at radius 1 is 1.20 bits per heavy atom. The molecule has 0 atom stereocenters. The molecular formula is C19H18ClN3O2. The summed E-state index contributed by atoms with van der Waals surface area (Å²) in [6, 6.07) is 15.2. The molecule has 0 aliphatic rings. The maximum Gasteiger partial charge on any atom is 0.227 e. The van der Waals surface area contributed by atoms with Gasteiger partial charge in [0.1, 0.15) is 0 Å². The number of hydrogen-bond acceptors (Lipinski definition) is 4. The average Bonchev–Trinajstić information content (AvgIpc) is 3.08. The van der Waals surface area contributed by atoms with Crippen molar-refractivity contribution in [1.82, 2.24) is 15.5 Å². The minimum atomic E-state index is -0.0484. The molecule has 1 amide bonds. The van der Waals surface area contributed by atoms with Gasteiger partial charge in [0.05, 0.1) is 0 Å². The van der Waals surface area contributed by atoms with E-state index in [1.54, 1.807) is 12.1 Å². The predicted octanol–water partition coefficient (Wildman–Crippen LogP) is 3.95. The topological polar surface area (TPSA) is 68.0 Å². The molecule has 1 heterocycles. The molecule has 0 unspecified atom stereocenters. The van der Waals surface area contributed by atoms with Crippen LogP contribution in [0.2, 0.25) is 5.02 Å². The fourth-order valence-corrected chi connectivity index (χ4v) is 2.53. The SMILES string of the molecule is Cc1cccc(CNC(=O)CCc2nc(-c3ccc(Cl)cc3)no2)c1. The summed E-state index contributed by atoms with van der Waals surface area (Å²) < 4.78 is 5.20. The Kier molecular flexibility index (Phi) is 5.46. The van der Waals surface area contributed by atoms with Crippen molar-refractivity contribution in [2.75, 3.05) is 0 Å². The van der Waals surface area contributed by atoms with Crippen LogP contribution in [0.5, 0.6) is 0 Å². The van der Waals surface area contributed by atoms with Crippen LogP contribution in [0, 0.1) is 6.92 Å². The lowest BCUT2D eigenvalue weighted by Crippen LogP contribution is -2.23. The summed E-state index contributed by atoms with van der Waals surface area (Å²) in [5.74, 6) is 0.884. The normalized spacial score (nSPS) is 10.6. The van der Waals surface area contributed by atoms with E-state index in [2.05, 4.69) is 21.5 Å². The maximum absolute atomic E-state index is 12.0. The first-order valence-corrected chi connectivity index (χ1v) is 8.39. The number of amides is 1. The van der Waals surface area contributed by atoms with Gasteiger partial charge >= 0.3 is 0 Å². The molecule has 0 aliphatic heterocycles. The Balaban J connectivity index is 1.50. The van der Waals surface area contributed by atoms with Gasteiger partial charge in [0.15, 0.2) is 0 Å². The van der Waals surface area contributed by atoms with E-state index in [-0.39, 0.29) is 5.91 Å². The maximum atomic E-state index is 12.0. The number of nitrogens with zero attached hydrogens (tertiary/aromatic N) is 2. The third-order valence-electron chi connectivity index (χ3n) is 3.71. The third-order valence-corrected chi connectivity index (χ3v) is 3.96. The standard InChI is InChI=1S/C19H18ClN3O2/c1-13-3-2-4-14(11-13)12-21-17(24)9-10-18-22-19(23-25-18)15-5-7-16(20)8-6-15/h2-8,11H,9-10,12H2,1H3,(H,21,24). The van der Waals surface area contributed by atoms with Crippen molar-refractivity contribution in [3.05, 3.63) is 70.6 Å². The molecule has 128 valence electrons. The van der Waals surface area contributed by atoms with E-state index >= 15 is 0 Å². The van der Waals surface area contributed by atoms with Crippen molar-refractivity contribution in [1.29, 1.82) is 0 Å². The second-order valence-corrected chi connectivity index (χ2v) is 6.22. The van der Waals surface area contributed by atoms with Crippen LogP contribution in [0.3, 0.4) is 0 Å². The average molecular weight is 356 g/mol. The first-order chi connectivity index (χ1) is 12.1. The van der Waals surface area contributed by atoms with Crippen molar-refractivity contribution in [2.45, 2.75) is 26.3 Å². The van der Waals surface area contributed by atoms with E-state index in [9.17, 15) is 4.79 Å². The predicted molar refractivity (Wildman–Crippen MR) is 96.1 cm³/mol. The number of nitrogens with one attached hydrogen (secondary N) is 1. The quantitative estimate of drug-likeness (QED) is 0.727.